The molecule has 25 heavy (non-hydrogen) atoms. The lowest BCUT2D eigenvalue weighted by atomic mass is 9.92. The van der Waals surface area contributed by atoms with Crippen LogP contribution in [0.4, 0.5) is 0 Å². The molecule has 2 aromatic rings. The minimum absolute atomic E-state index is 0.364. The molecule has 0 saturated carbocycles. The van der Waals surface area contributed by atoms with Gasteiger partial charge in [-0.1, -0.05) is 30.3 Å². The van der Waals surface area contributed by atoms with Gasteiger partial charge >= 0.3 is 5.97 Å². The van der Waals surface area contributed by atoms with E-state index in [0.29, 0.717) is 24.5 Å². The second kappa shape index (κ2) is 7.57. The lowest BCUT2D eigenvalue weighted by Crippen LogP contribution is -2.56. The number of aliphatic carboxylic acids is 1. The Labute approximate surface area is 147 Å². The molecule has 5 nitrogen and oxygen atoms in total. The number of piperidine rings is 1. The molecule has 0 amide bonds. The Bertz CT molecular complexity index is 701. The third-order valence-corrected chi connectivity index (χ3v) is 4.55. The topological polar surface area (TPSA) is 59.0 Å². The maximum Gasteiger partial charge on any atom is 0.349 e. The standard InChI is InChI=1S/C20H23NO4/c1-24-17-8-10-18(11-9-17)25-20(19(22)23)12-5-13-21(15-20)14-16-6-3-2-4-7-16/h2-4,6-11H,5,12-15H2,1H3,(H,22,23). The number of nitrogens with zero attached hydrogens (tertiary/aromatic N) is 1. The number of hydrogen-bond acceptors (Lipinski definition) is 4. The first-order valence-corrected chi connectivity index (χ1v) is 8.44. The molecule has 0 radical (unpaired) electrons. The molecule has 0 spiro atoms. The zero-order valence-electron chi connectivity index (χ0n) is 14.4. The van der Waals surface area contributed by atoms with Crippen molar-refractivity contribution in [2.75, 3.05) is 20.2 Å². The zero-order valence-corrected chi connectivity index (χ0v) is 14.4. The van der Waals surface area contributed by atoms with E-state index in [-0.39, 0.29) is 0 Å². The SMILES string of the molecule is COc1ccc(OC2(C(=O)O)CCCN(Cc3ccccc3)C2)cc1. The minimum Gasteiger partial charge on any atom is -0.497 e. The Balaban J connectivity index is 1.75. The van der Waals surface area contributed by atoms with Gasteiger partial charge in [0.2, 0.25) is 5.60 Å². The third-order valence-electron chi connectivity index (χ3n) is 4.55. The van der Waals surface area contributed by atoms with Crippen LogP contribution in [0.25, 0.3) is 0 Å². The number of carboxylic acids is 1. The fraction of sp³-hybridized carbons (Fsp3) is 0.350. The van der Waals surface area contributed by atoms with Gasteiger partial charge in [0, 0.05) is 19.5 Å². The summed E-state index contributed by atoms with van der Waals surface area (Å²) in [4.78, 5) is 14.2. The highest BCUT2D eigenvalue weighted by molar-refractivity contribution is 5.78. The van der Waals surface area contributed by atoms with E-state index in [1.807, 2.05) is 18.2 Å². The molecule has 5 heteroatoms. The number of ether oxygens (including phenoxy) is 2. The summed E-state index contributed by atoms with van der Waals surface area (Å²) < 4.78 is 11.1. The predicted molar refractivity (Wildman–Crippen MR) is 94.9 cm³/mol. The molecule has 3 rings (SSSR count). The average molecular weight is 341 g/mol. The Morgan fingerprint density at radius 1 is 1.12 bits per heavy atom. The average Bonchev–Trinajstić information content (AvgIpc) is 2.63. The summed E-state index contributed by atoms with van der Waals surface area (Å²) in [6, 6.07) is 17.1. The van der Waals surface area contributed by atoms with E-state index in [1.165, 1.54) is 5.56 Å². The maximum absolute atomic E-state index is 12.0. The lowest BCUT2D eigenvalue weighted by molar-refractivity contribution is -0.160. The molecule has 1 aliphatic heterocycles. The smallest absolute Gasteiger partial charge is 0.349 e. The first-order chi connectivity index (χ1) is 12.1. The highest BCUT2D eigenvalue weighted by atomic mass is 16.5. The summed E-state index contributed by atoms with van der Waals surface area (Å²) in [5, 5.41) is 9.86. The van der Waals surface area contributed by atoms with Crippen LogP contribution >= 0.6 is 0 Å². The molecule has 1 atom stereocenters. The number of benzene rings is 2. The minimum atomic E-state index is -1.22. The molecular formula is C20H23NO4. The second-order valence-corrected chi connectivity index (χ2v) is 6.38. The summed E-state index contributed by atoms with van der Waals surface area (Å²) in [5.74, 6) is 0.344. The molecule has 1 fully saturated rings. The van der Waals surface area contributed by atoms with Gasteiger partial charge in [-0.25, -0.2) is 4.79 Å². The highest BCUT2D eigenvalue weighted by Crippen LogP contribution is 2.30. The van der Waals surface area contributed by atoms with Crippen molar-refractivity contribution in [1.29, 1.82) is 0 Å². The van der Waals surface area contributed by atoms with Crippen molar-refractivity contribution in [2.45, 2.75) is 25.0 Å². The van der Waals surface area contributed by atoms with Crippen LogP contribution in [0, 0.1) is 0 Å². The van der Waals surface area contributed by atoms with Crippen molar-refractivity contribution in [3.63, 3.8) is 0 Å². The Morgan fingerprint density at radius 2 is 1.80 bits per heavy atom. The lowest BCUT2D eigenvalue weighted by Gasteiger charge is -2.39. The van der Waals surface area contributed by atoms with Crippen molar-refractivity contribution in [3.8, 4) is 11.5 Å². The van der Waals surface area contributed by atoms with Crippen LogP contribution in [0.15, 0.2) is 54.6 Å². The van der Waals surface area contributed by atoms with Gasteiger partial charge in [0.05, 0.1) is 7.11 Å². The van der Waals surface area contributed by atoms with E-state index in [9.17, 15) is 9.90 Å². The monoisotopic (exact) mass is 341 g/mol. The van der Waals surface area contributed by atoms with Gasteiger partial charge < -0.3 is 14.6 Å². The third kappa shape index (κ3) is 4.12. The van der Waals surface area contributed by atoms with E-state index in [2.05, 4.69) is 17.0 Å². The van der Waals surface area contributed by atoms with E-state index < -0.39 is 11.6 Å². The summed E-state index contributed by atoms with van der Waals surface area (Å²) in [5.41, 5.74) is -0.0464. The first kappa shape index (κ1) is 17.3. The van der Waals surface area contributed by atoms with Crippen LogP contribution < -0.4 is 9.47 Å². The van der Waals surface area contributed by atoms with Crippen molar-refractivity contribution >= 4 is 5.97 Å². The van der Waals surface area contributed by atoms with E-state index in [4.69, 9.17) is 9.47 Å². The number of hydrogen-bond donors (Lipinski definition) is 1. The van der Waals surface area contributed by atoms with Crippen molar-refractivity contribution in [2.24, 2.45) is 0 Å². The van der Waals surface area contributed by atoms with Crippen molar-refractivity contribution < 1.29 is 19.4 Å². The molecule has 1 saturated heterocycles. The van der Waals surface area contributed by atoms with Crippen LogP contribution in [0.3, 0.4) is 0 Å². The number of carbonyl (C=O) groups is 1. The van der Waals surface area contributed by atoms with Crippen LogP contribution in [-0.2, 0) is 11.3 Å². The first-order valence-electron chi connectivity index (χ1n) is 8.44. The largest absolute Gasteiger partial charge is 0.497 e. The van der Waals surface area contributed by atoms with Gasteiger partial charge in [-0.3, -0.25) is 4.90 Å². The molecule has 1 unspecified atom stereocenters. The van der Waals surface area contributed by atoms with Gasteiger partial charge in [-0.15, -0.1) is 0 Å². The Morgan fingerprint density at radius 3 is 2.44 bits per heavy atom. The normalized spacial score (nSPS) is 20.8. The zero-order chi connectivity index (χ0) is 17.7. The summed E-state index contributed by atoms with van der Waals surface area (Å²) in [6.45, 7) is 1.96. The van der Waals surface area contributed by atoms with Crippen LogP contribution in [0.2, 0.25) is 0 Å². The number of carboxylic acid groups (broad SMARTS) is 1. The van der Waals surface area contributed by atoms with E-state index >= 15 is 0 Å². The van der Waals surface area contributed by atoms with Crippen LogP contribution in [0.1, 0.15) is 18.4 Å². The van der Waals surface area contributed by atoms with Crippen molar-refractivity contribution in [3.05, 3.63) is 60.2 Å². The molecule has 132 valence electrons. The molecule has 1 aliphatic rings. The number of rotatable bonds is 6. The molecule has 1 heterocycles. The highest BCUT2D eigenvalue weighted by Gasteiger charge is 2.45. The van der Waals surface area contributed by atoms with E-state index in [0.717, 1.165) is 19.5 Å². The quantitative estimate of drug-likeness (QED) is 0.874. The molecule has 1 N–H and O–H groups in total. The Kier molecular flexibility index (Phi) is 5.24. The van der Waals surface area contributed by atoms with Gasteiger partial charge in [0.1, 0.15) is 11.5 Å². The van der Waals surface area contributed by atoms with Crippen LogP contribution in [0.5, 0.6) is 11.5 Å². The number of methoxy groups -OCH3 is 1. The fourth-order valence-corrected chi connectivity index (χ4v) is 3.26. The molecule has 0 aromatic heterocycles. The molecule has 0 aliphatic carbocycles. The summed E-state index contributed by atoms with van der Waals surface area (Å²) >= 11 is 0. The molecule has 2 aromatic carbocycles. The van der Waals surface area contributed by atoms with Gasteiger partial charge in [-0.05, 0) is 42.8 Å². The predicted octanol–water partition coefficient (Wildman–Crippen LogP) is 3.19. The molecular weight excluding hydrogens is 318 g/mol. The fourth-order valence-electron chi connectivity index (χ4n) is 3.26. The summed E-state index contributed by atoms with van der Waals surface area (Å²) in [7, 11) is 1.59. The van der Waals surface area contributed by atoms with Gasteiger partial charge in [-0.2, -0.15) is 0 Å². The summed E-state index contributed by atoms with van der Waals surface area (Å²) in [6.07, 6.45) is 1.29. The van der Waals surface area contributed by atoms with Gasteiger partial charge in [0.15, 0.2) is 0 Å². The molecule has 0 bridgehead atoms. The van der Waals surface area contributed by atoms with Crippen molar-refractivity contribution in [1.82, 2.24) is 4.90 Å². The Hall–Kier alpha value is -2.53. The maximum atomic E-state index is 12.0. The van der Waals surface area contributed by atoms with Gasteiger partial charge in [0.25, 0.3) is 0 Å². The number of likely N-dealkylation sites (tertiary alicyclic amines) is 1. The van der Waals surface area contributed by atoms with Crippen LogP contribution in [-0.4, -0.2) is 41.8 Å². The second-order valence-electron chi connectivity index (χ2n) is 6.38. The van der Waals surface area contributed by atoms with E-state index in [1.54, 1.807) is 31.4 Å².